The second-order valence-electron chi connectivity index (χ2n) is 4.24. The maximum atomic E-state index is 11.0. The summed E-state index contributed by atoms with van der Waals surface area (Å²) >= 11 is 0. The second kappa shape index (κ2) is 4.05. The number of carboxylic acid groups (broad SMARTS) is 1. The van der Waals surface area contributed by atoms with Gasteiger partial charge in [-0.3, -0.25) is 4.98 Å². The van der Waals surface area contributed by atoms with E-state index in [1.807, 2.05) is 12.1 Å². The number of carbonyl (C=O) groups is 1. The normalized spacial score (nSPS) is 11.4. The average molecular weight is 231 g/mol. The van der Waals surface area contributed by atoms with Crippen LogP contribution in [0.1, 0.15) is 13.8 Å². The van der Waals surface area contributed by atoms with E-state index in [9.17, 15) is 4.79 Å². The molecule has 4 heteroatoms. The minimum Gasteiger partial charge on any atom is -0.478 e. The Balaban J connectivity index is 2.46. The molecule has 17 heavy (non-hydrogen) atoms. The number of benzene rings is 1. The SMILES string of the molecule is CC(C)(Oc1cccc2ncccc12)C(=O)O. The molecule has 0 fully saturated rings. The first-order chi connectivity index (χ1) is 8.00. The van der Waals surface area contributed by atoms with E-state index in [1.165, 1.54) is 13.8 Å². The third kappa shape index (κ3) is 2.20. The largest absolute Gasteiger partial charge is 0.478 e. The van der Waals surface area contributed by atoms with E-state index in [2.05, 4.69) is 4.98 Å². The van der Waals surface area contributed by atoms with Crippen LogP contribution in [-0.2, 0) is 4.79 Å². The summed E-state index contributed by atoms with van der Waals surface area (Å²) in [7, 11) is 0. The fraction of sp³-hybridized carbons (Fsp3) is 0.231. The minimum atomic E-state index is -1.26. The highest BCUT2D eigenvalue weighted by Gasteiger charge is 2.29. The van der Waals surface area contributed by atoms with Crippen LogP contribution in [0.15, 0.2) is 36.5 Å². The Kier molecular flexibility index (Phi) is 2.71. The highest BCUT2D eigenvalue weighted by Crippen LogP contribution is 2.27. The number of hydrogen-bond donors (Lipinski definition) is 1. The number of hydrogen-bond acceptors (Lipinski definition) is 3. The summed E-state index contributed by atoms with van der Waals surface area (Å²) in [6.07, 6.45) is 1.69. The fourth-order valence-electron chi connectivity index (χ4n) is 1.48. The summed E-state index contributed by atoms with van der Waals surface area (Å²) in [4.78, 5) is 15.2. The van der Waals surface area contributed by atoms with Crippen molar-refractivity contribution in [1.82, 2.24) is 4.98 Å². The molecular weight excluding hydrogens is 218 g/mol. The predicted molar refractivity (Wildman–Crippen MR) is 64.1 cm³/mol. The fourth-order valence-corrected chi connectivity index (χ4v) is 1.48. The Hall–Kier alpha value is -2.10. The molecule has 0 saturated heterocycles. The Bertz CT molecular complexity index is 558. The van der Waals surface area contributed by atoms with E-state index in [0.717, 1.165) is 10.9 Å². The third-order valence-electron chi connectivity index (χ3n) is 2.49. The molecule has 2 aromatic rings. The molecule has 0 unspecified atom stereocenters. The van der Waals surface area contributed by atoms with Gasteiger partial charge in [-0.15, -0.1) is 0 Å². The monoisotopic (exact) mass is 231 g/mol. The summed E-state index contributed by atoms with van der Waals surface area (Å²) in [5.41, 5.74) is -0.476. The van der Waals surface area contributed by atoms with Crippen LogP contribution >= 0.6 is 0 Å². The highest BCUT2D eigenvalue weighted by molar-refractivity contribution is 5.85. The molecule has 0 bridgehead atoms. The van der Waals surface area contributed by atoms with Crippen molar-refractivity contribution in [3.63, 3.8) is 0 Å². The Morgan fingerprint density at radius 1 is 1.29 bits per heavy atom. The van der Waals surface area contributed by atoms with Gasteiger partial charge >= 0.3 is 5.97 Å². The number of rotatable bonds is 3. The molecule has 0 spiro atoms. The van der Waals surface area contributed by atoms with Gasteiger partial charge in [-0.1, -0.05) is 6.07 Å². The van der Waals surface area contributed by atoms with E-state index in [-0.39, 0.29) is 0 Å². The van der Waals surface area contributed by atoms with Gasteiger partial charge in [0.2, 0.25) is 0 Å². The zero-order valence-corrected chi connectivity index (χ0v) is 9.68. The zero-order valence-electron chi connectivity index (χ0n) is 9.68. The third-order valence-corrected chi connectivity index (χ3v) is 2.49. The predicted octanol–water partition coefficient (Wildman–Crippen LogP) is 2.48. The quantitative estimate of drug-likeness (QED) is 0.881. The lowest BCUT2D eigenvalue weighted by atomic mass is 10.1. The lowest BCUT2D eigenvalue weighted by Gasteiger charge is -2.22. The Morgan fingerprint density at radius 2 is 2.06 bits per heavy atom. The van der Waals surface area contributed by atoms with Gasteiger partial charge in [-0.2, -0.15) is 0 Å². The summed E-state index contributed by atoms with van der Waals surface area (Å²) in [6, 6.07) is 9.05. The molecule has 0 aliphatic heterocycles. The number of pyridine rings is 1. The number of ether oxygens (including phenoxy) is 1. The lowest BCUT2D eigenvalue weighted by Crippen LogP contribution is -2.37. The zero-order chi connectivity index (χ0) is 12.5. The molecule has 1 N–H and O–H groups in total. The van der Waals surface area contributed by atoms with Crippen LogP contribution in [0.3, 0.4) is 0 Å². The molecule has 0 atom stereocenters. The van der Waals surface area contributed by atoms with Crippen molar-refractivity contribution in [2.75, 3.05) is 0 Å². The van der Waals surface area contributed by atoms with E-state index in [4.69, 9.17) is 9.84 Å². The highest BCUT2D eigenvalue weighted by atomic mass is 16.5. The molecular formula is C13H13NO3. The molecule has 88 valence electrons. The molecule has 0 amide bonds. The molecule has 1 aromatic heterocycles. The number of nitrogens with zero attached hydrogens (tertiary/aromatic N) is 1. The van der Waals surface area contributed by atoms with E-state index in [1.54, 1.807) is 24.4 Å². The van der Waals surface area contributed by atoms with Crippen LogP contribution in [-0.4, -0.2) is 21.7 Å². The van der Waals surface area contributed by atoms with E-state index < -0.39 is 11.6 Å². The molecule has 2 rings (SSSR count). The van der Waals surface area contributed by atoms with Crippen LogP contribution in [0, 0.1) is 0 Å². The molecule has 0 aliphatic rings. The van der Waals surface area contributed by atoms with Gasteiger partial charge in [0.15, 0.2) is 5.60 Å². The number of aliphatic carboxylic acids is 1. The van der Waals surface area contributed by atoms with E-state index in [0.29, 0.717) is 5.75 Å². The minimum absolute atomic E-state index is 0.531. The topological polar surface area (TPSA) is 59.4 Å². The molecule has 0 radical (unpaired) electrons. The maximum Gasteiger partial charge on any atom is 0.347 e. The van der Waals surface area contributed by atoms with Gasteiger partial charge in [-0.05, 0) is 38.1 Å². The summed E-state index contributed by atoms with van der Waals surface area (Å²) < 4.78 is 5.54. The smallest absolute Gasteiger partial charge is 0.347 e. The van der Waals surface area contributed by atoms with Crippen LogP contribution in [0.4, 0.5) is 0 Å². The van der Waals surface area contributed by atoms with Gasteiger partial charge in [-0.25, -0.2) is 4.79 Å². The lowest BCUT2D eigenvalue weighted by molar-refractivity contribution is -0.152. The van der Waals surface area contributed by atoms with Crippen molar-refractivity contribution in [3.8, 4) is 5.75 Å². The molecule has 1 heterocycles. The standard InChI is InChI=1S/C13H13NO3/c1-13(2,12(15)16)17-11-7-3-6-10-9(11)5-4-8-14-10/h3-8H,1-2H3,(H,15,16). The molecule has 4 nitrogen and oxygen atoms in total. The number of fused-ring (bicyclic) bond motifs is 1. The van der Waals surface area contributed by atoms with Crippen molar-refractivity contribution < 1.29 is 14.6 Å². The number of aromatic nitrogens is 1. The van der Waals surface area contributed by atoms with Crippen LogP contribution in [0.25, 0.3) is 10.9 Å². The Labute approximate surface area is 98.9 Å². The first-order valence-electron chi connectivity index (χ1n) is 5.27. The van der Waals surface area contributed by atoms with Gasteiger partial charge in [0.05, 0.1) is 5.52 Å². The molecule has 0 saturated carbocycles. The van der Waals surface area contributed by atoms with Crippen molar-refractivity contribution in [3.05, 3.63) is 36.5 Å². The second-order valence-corrected chi connectivity index (χ2v) is 4.24. The van der Waals surface area contributed by atoms with Gasteiger partial charge in [0, 0.05) is 11.6 Å². The number of carboxylic acids is 1. The summed E-state index contributed by atoms with van der Waals surface area (Å²) in [6.45, 7) is 3.04. The van der Waals surface area contributed by atoms with Crippen molar-refractivity contribution in [2.24, 2.45) is 0 Å². The van der Waals surface area contributed by atoms with Gasteiger partial charge in [0.1, 0.15) is 5.75 Å². The van der Waals surface area contributed by atoms with Crippen molar-refractivity contribution >= 4 is 16.9 Å². The average Bonchev–Trinajstić information content (AvgIpc) is 2.29. The molecule has 0 aliphatic carbocycles. The van der Waals surface area contributed by atoms with Crippen molar-refractivity contribution in [1.29, 1.82) is 0 Å². The molecule has 1 aromatic carbocycles. The van der Waals surface area contributed by atoms with Crippen LogP contribution in [0.2, 0.25) is 0 Å². The first kappa shape index (κ1) is 11.4. The Morgan fingerprint density at radius 3 is 2.76 bits per heavy atom. The summed E-state index contributed by atoms with van der Waals surface area (Å²) in [5, 5.41) is 9.84. The maximum absolute atomic E-state index is 11.0. The van der Waals surface area contributed by atoms with Crippen LogP contribution in [0.5, 0.6) is 5.75 Å². The van der Waals surface area contributed by atoms with Gasteiger partial charge < -0.3 is 9.84 Å². The van der Waals surface area contributed by atoms with Gasteiger partial charge in [0.25, 0.3) is 0 Å². The first-order valence-corrected chi connectivity index (χ1v) is 5.27. The van der Waals surface area contributed by atoms with E-state index >= 15 is 0 Å². The van der Waals surface area contributed by atoms with Crippen molar-refractivity contribution in [2.45, 2.75) is 19.4 Å². The van der Waals surface area contributed by atoms with Crippen LogP contribution < -0.4 is 4.74 Å². The summed E-state index contributed by atoms with van der Waals surface area (Å²) in [5.74, 6) is -0.471.